The van der Waals surface area contributed by atoms with Gasteiger partial charge in [0.1, 0.15) is 5.52 Å². The summed E-state index contributed by atoms with van der Waals surface area (Å²) in [5, 5.41) is 17.6. The van der Waals surface area contributed by atoms with E-state index in [0.717, 1.165) is 6.20 Å². The molecule has 2 aromatic rings. The highest BCUT2D eigenvalue weighted by atomic mass is 16.4. The van der Waals surface area contributed by atoms with Crippen molar-refractivity contribution in [2.24, 2.45) is 0 Å². The van der Waals surface area contributed by atoms with Crippen LogP contribution in [0.2, 0.25) is 0 Å². The van der Waals surface area contributed by atoms with E-state index in [0.29, 0.717) is 0 Å². The fraction of sp³-hybridized carbons (Fsp3) is 0. The lowest BCUT2D eigenvalue weighted by atomic mass is 10.2. The Labute approximate surface area is 89.2 Å². The van der Waals surface area contributed by atoms with Crippen molar-refractivity contribution in [3.8, 4) is 0 Å². The minimum atomic E-state index is -1.20. The molecule has 1 heterocycles. The van der Waals surface area contributed by atoms with Crippen LogP contribution in [0.4, 0.5) is 0 Å². The predicted molar refractivity (Wildman–Crippen MR) is 53.5 cm³/mol. The van der Waals surface area contributed by atoms with Gasteiger partial charge in [0.15, 0.2) is 5.69 Å². The Kier molecular flexibility index (Phi) is 2.24. The zero-order valence-electron chi connectivity index (χ0n) is 7.91. The van der Waals surface area contributed by atoms with Gasteiger partial charge in [0.05, 0.1) is 17.3 Å². The first-order valence-electron chi connectivity index (χ1n) is 4.32. The van der Waals surface area contributed by atoms with Gasteiger partial charge in [0.2, 0.25) is 0 Å². The van der Waals surface area contributed by atoms with Crippen LogP contribution in [-0.2, 0) is 0 Å². The standard InChI is InChI=1S/C10H6N2O4/c13-9(14)5-2-1-3-6-8(5)11-4-7(12-6)10(15)16/h1-4H,(H,13,14)(H,15,16). The monoisotopic (exact) mass is 218 g/mol. The van der Waals surface area contributed by atoms with Crippen molar-refractivity contribution in [1.82, 2.24) is 9.97 Å². The number of carboxylic acid groups (broad SMARTS) is 2. The number of nitrogens with zero attached hydrogens (tertiary/aromatic N) is 2. The van der Waals surface area contributed by atoms with Gasteiger partial charge in [-0.25, -0.2) is 14.6 Å². The van der Waals surface area contributed by atoms with Crippen molar-refractivity contribution in [3.63, 3.8) is 0 Å². The number of hydrogen-bond acceptors (Lipinski definition) is 4. The maximum Gasteiger partial charge on any atom is 0.356 e. The van der Waals surface area contributed by atoms with Gasteiger partial charge in [-0.1, -0.05) is 6.07 Å². The van der Waals surface area contributed by atoms with Gasteiger partial charge in [-0.3, -0.25) is 4.98 Å². The number of carbonyl (C=O) groups is 2. The summed E-state index contributed by atoms with van der Waals surface area (Å²) in [6.07, 6.45) is 1.04. The predicted octanol–water partition coefficient (Wildman–Crippen LogP) is 1.03. The lowest BCUT2D eigenvalue weighted by Crippen LogP contribution is -2.04. The van der Waals surface area contributed by atoms with E-state index in [4.69, 9.17) is 10.2 Å². The molecule has 2 rings (SSSR count). The van der Waals surface area contributed by atoms with Crippen molar-refractivity contribution in [3.05, 3.63) is 35.7 Å². The van der Waals surface area contributed by atoms with Gasteiger partial charge in [-0.2, -0.15) is 0 Å². The maximum absolute atomic E-state index is 10.8. The van der Waals surface area contributed by atoms with Gasteiger partial charge in [-0.15, -0.1) is 0 Å². The van der Waals surface area contributed by atoms with Crippen molar-refractivity contribution in [2.45, 2.75) is 0 Å². The van der Waals surface area contributed by atoms with E-state index in [1.54, 1.807) is 0 Å². The molecule has 1 aromatic carbocycles. The Morgan fingerprint density at radius 3 is 2.50 bits per heavy atom. The molecule has 6 heteroatoms. The number of aromatic nitrogens is 2. The molecule has 0 atom stereocenters. The molecule has 0 fully saturated rings. The zero-order chi connectivity index (χ0) is 11.7. The van der Waals surface area contributed by atoms with Crippen molar-refractivity contribution in [1.29, 1.82) is 0 Å². The van der Waals surface area contributed by atoms with Crippen LogP contribution < -0.4 is 0 Å². The second-order valence-corrected chi connectivity index (χ2v) is 3.04. The normalized spacial score (nSPS) is 10.2. The summed E-state index contributed by atoms with van der Waals surface area (Å²) in [6, 6.07) is 4.40. The van der Waals surface area contributed by atoms with Crippen molar-refractivity contribution >= 4 is 23.0 Å². The van der Waals surface area contributed by atoms with E-state index in [1.165, 1.54) is 18.2 Å². The molecule has 0 spiro atoms. The second kappa shape index (κ2) is 3.58. The van der Waals surface area contributed by atoms with E-state index in [9.17, 15) is 9.59 Å². The molecule has 0 amide bonds. The lowest BCUT2D eigenvalue weighted by molar-refractivity contribution is 0.0684. The largest absolute Gasteiger partial charge is 0.478 e. The summed E-state index contributed by atoms with van der Waals surface area (Å²) >= 11 is 0. The molecule has 80 valence electrons. The number of aromatic carboxylic acids is 2. The average molecular weight is 218 g/mol. The van der Waals surface area contributed by atoms with Gasteiger partial charge < -0.3 is 10.2 Å². The lowest BCUT2D eigenvalue weighted by Gasteiger charge is -2.01. The molecule has 0 bridgehead atoms. The fourth-order valence-electron chi connectivity index (χ4n) is 1.32. The fourth-order valence-corrected chi connectivity index (χ4v) is 1.32. The van der Waals surface area contributed by atoms with Gasteiger partial charge in [-0.05, 0) is 12.1 Å². The zero-order valence-corrected chi connectivity index (χ0v) is 7.91. The van der Waals surface area contributed by atoms with Crippen LogP contribution in [-0.4, -0.2) is 32.1 Å². The van der Waals surface area contributed by atoms with E-state index < -0.39 is 11.9 Å². The minimum Gasteiger partial charge on any atom is -0.478 e. The van der Waals surface area contributed by atoms with E-state index in [-0.39, 0.29) is 22.3 Å². The van der Waals surface area contributed by atoms with Crippen molar-refractivity contribution < 1.29 is 19.8 Å². The molecule has 0 aliphatic carbocycles. The van der Waals surface area contributed by atoms with Crippen LogP contribution in [0.5, 0.6) is 0 Å². The van der Waals surface area contributed by atoms with Crippen LogP contribution in [0.3, 0.4) is 0 Å². The molecule has 0 radical (unpaired) electrons. The average Bonchev–Trinajstić information content (AvgIpc) is 2.27. The molecule has 0 saturated carbocycles. The third-order valence-electron chi connectivity index (χ3n) is 2.02. The first kappa shape index (κ1) is 10.0. The Bertz CT molecular complexity index is 594. The Balaban J connectivity index is 2.73. The molecule has 0 unspecified atom stereocenters. The summed E-state index contributed by atoms with van der Waals surface area (Å²) in [5.74, 6) is -2.32. The topological polar surface area (TPSA) is 100 Å². The quantitative estimate of drug-likeness (QED) is 0.780. The Morgan fingerprint density at radius 2 is 1.88 bits per heavy atom. The van der Waals surface area contributed by atoms with Gasteiger partial charge in [0.25, 0.3) is 0 Å². The molecule has 1 aromatic heterocycles. The highest BCUT2D eigenvalue weighted by molar-refractivity contribution is 6.01. The summed E-state index contributed by atoms with van der Waals surface area (Å²) in [4.78, 5) is 29.1. The summed E-state index contributed by atoms with van der Waals surface area (Å²) in [6.45, 7) is 0. The highest BCUT2D eigenvalue weighted by Gasteiger charge is 2.12. The number of rotatable bonds is 2. The number of fused-ring (bicyclic) bond motifs is 1. The molecule has 0 aliphatic heterocycles. The molecule has 0 aliphatic rings. The molecule has 6 nitrogen and oxygen atoms in total. The highest BCUT2D eigenvalue weighted by Crippen LogP contribution is 2.14. The van der Waals surface area contributed by atoms with E-state index in [2.05, 4.69) is 9.97 Å². The first-order valence-corrected chi connectivity index (χ1v) is 4.32. The SMILES string of the molecule is O=C(O)c1cnc2c(C(=O)O)cccc2n1. The van der Waals surface area contributed by atoms with Gasteiger partial charge in [0, 0.05) is 0 Å². The van der Waals surface area contributed by atoms with Crippen molar-refractivity contribution in [2.75, 3.05) is 0 Å². The van der Waals surface area contributed by atoms with Crippen LogP contribution >= 0.6 is 0 Å². The molecular weight excluding hydrogens is 212 g/mol. The molecule has 0 saturated heterocycles. The van der Waals surface area contributed by atoms with E-state index in [1.807, 2.05) is 0 Å². The van der Waals surface area contributed by atoms with E-state index >= 15 is 0 Å². The molecule has 16 heavy (non-hydrogen) atoms. The van der Waals surface area contributed by atoms with Gasteiger partial charge >= 0.3 is 11.9 Å². The summed E-state index contributed by atoms with van der Waals surface area (Å²) in [5.41, 5.74) is 0.219. The van der Waals surface area contributed by atoms with Crippen LogP contribution in [0.1, 0.15) is 20.8 Å². The maximum atomic E-state index is 10.8. The Hall–Kier alpha value is -2.50. The third kappa shape index (κ3) is 1.56. The first-order chi connectivity index (χ1) is 7.59. The summed E-state index contributed by atoms with van der Waals surface area (Å²) < 4.78 is 0. The summed E-state index contributed by atoms with van der Waals surface area (Å²) in [7, 11) is 0. The Morgan fingerprint density at radius 1 is 1.12 bits per heavy atom. The molecular formula is C10H6N2O4. The minimum absolute atomic E-state index is 0.00180. The molecule has 2 N–H and O–H groups in total. The smallest absolute Gasteiger partial charge is 0.356 e. The number of para-hydroxylation sites is 1. The number of carboxylic acids is 2. The van der Waals surface area contributed by atoms with Crippen LogP contribution in [0.15, 0.2) is 24.4 Å². The van der Waals surface area contributed by atoms with Crippen LogP contribution in [0, 0.1) is 0 Å². The van der Waals surface area contributed by atoms with Crippen LogP contribution in [0.25, 0.3) is 11.0 Å². The third-order valence-corrected chi connectivity index (χ3v) is 2.02. The second-order valence-electron chi connectivity index (χ2n) is 3.04. The number of hydrogen-bond donors (Lipinski definition) is 2. The number of benzene rings is 1.